The fourth-order valence-corrected chi connectivity index (χ4v) is 2.02. The minimum atomic E-state index is -0.671. The van der Waals surface area contributed by atoms with Gasteiger partial charge in [-0.2, -0.15) is 11.8 Å². The van der Waals surface area contributed by atoms with Gasteiger partial charge in [0.2, 0.25) is 0 Å². The van der Waals surface area contributed by atoms with E-state index in [1.54, 1.807) is 0 Å². The van der Waals surface area contributed by atoms with Gasteiger partial charge in [0.15, 0.2) is 0 Å². The lowest BCUT2D eigenvalue weighted by atomic mass is 10.2. The van der Waals surface area contributed by atoms with E-state index >= 15 is 0 Å². The molecule has 0 unspecified atom stereocenters. The minimum Gasteiger partial charge on any atom is -0.481 e. The lowest BCUT2D eigenvalue weighted by Crippen LogP contribution is -1.95. The van der Waals surface area contributed by atoms with Crippen LogP contribution in [0.5, 0.6) is 0 Å². The number of thioether (sulfide) groups is 1. The van der Waals surface area contributed by atoms with Crippen molar-refractivity contribution < 1.29 is 9.90 Å². The quantitative estimate of drug-likeness (QED) is 0.617. The molecule has 13 heavy (non-hydrogen) atoms. The van der Waals surface area contributed by atoms with Gasteiger partial charge in [-0.3, -0.25) is 4.79 Å². The second kappa shape index (κ2) is 8.42. The summed E-state index contributed by atoms with van der Waals surface area (Å²) in [7, 11) is 0. The third-order valence-corrected chi connectivity index (χ3v) is 3.11. The number of carbonyl (C=O) groups is 1. The average molecular weight is 204 g/mol. The number of carboxylic acid groups (broad SMARTS) is 1. The monoisotopic (exact) mass is 204 g/mol. The summed E-state index contributed by atoms with van der Waals surface area (Å²) in [6.07, 6.45) is 3.37. The van der Waals surface area contributed by atoms with Gasteiger partial charge in [0.05, 0.1) is 0 Å². The van der Waals surface area contributed by atoms with Crippen molar-refractivity contribution in [1.29, 1.82) is 0 Å². The fourth-order valence-electron chi connectivity index (χ4n) is 0.976. The molecule has 2 nitrogen and oxygen atoms in total. The van der Waals surface area contributed by atoms with Crippen LogP contribution in [0, 0.1) is 5.92 Å². The van der Waals surface area contributed by atoms with E-state index in [4.69, 9.17) is 5.11 Å². The summed E-state index contributed by atoms with van der Waals surface area (Å²) in [4.78, 5) is 10.2. The topological polar surface area (TPSA) is 37.3 Å². The summed E-state index contributed by atoms with van der Waals surface area (Å²) in [5.41, 5.74) is 0. The van der Waals surface area contributed by atoms with E-state index in [0.717, 1.165) is 25.2 Å². The average Bonchev–Trinajstić information content (AvgIpc) is 2.01. The lowest BCUT2D eigenvalue weighted by molar-refractivity contribution is -0.137. The highest BCUT2D eigenvalue weighted by molar-refractivity contribution is 7.99. The smallest absolute Gasteiger partial charge is 0.303 e. The molecule has 3 heteroatoms. The van der Waals surface area contributed by atoms with Crippen LogP contribution in [0.15, 0.2) is 0 Å². The van der Waals surface area contributed by atoms with Gasteiger partial charge in [0.1, 0.15) is 0 Å². The van der Waals surface area contributed by atoms with E-state index in [1.165, 1.54) is 11.5 Å². The van der Waals surface area contributed by atoms with Crippen molar-refractivity contribution in [3.63, 3.8) is 0 Å². The van der Waals surface area contributed by atoms with E-state index in [0.29, 0.717) is 6.42 Å². The SMILES string of the molecule is CC(C)CSCCCCCC(=O)O. The molecule has 1 N–H and O–H groups in total. The first-order valence-electron chi connectivity index (χ1n) is 4.92. The number of rotatable bonds is 8. The van der Waals surface area contributed by atoms with Crippen molar-refractivity contribution in [3.8, 4) is 0 Å². The molecule has 0 fully saturated rings. The summed E-state index contributed by atoms with van der Waals surface area (Å²) in [6.45, 7) is 4.44. The zero-order valence-corrected chi connectivity index (χ0v) is 9.40. The Morgan fingerprint density at radius 1 is 1.31 bits per heavy atom. The molecular weight excluding hydrogens is 184 g/mol. The third-order valence-electron chi connectivity index (χ3n) is 1.63. The standard InChI is InChI=1S/C10H20O2S/c1-9(2)8-13-7-5-3-4-6-10(11)12/h9H,3-8H2,1-2H3,(H,11,12). The Bertz CT molecular complexity index is 135. The van der Waals surface area contributed by atoms with E-state index in [1.807, 2.05) is 11.8 Å². The van der Waals surface area contributed by atoms with Gasteiger partial charge < -0.3 is 5.11 Å². The maximum absolute atomic E-state index is 10.2. The highest BCUT2D eigenvalue weighted by Gasteiger charge is 1.97. The van der Waals surface area contributed by atoms with Crippen LogP contribution in [0.2, 0.25) is 0 Å². The van der Waals surface area contributed by atoms with E-state index < -0.39 is 5.97 Å². The molecular formula is C10H20O2S. The Labute approximate surface area is 85.1 Å². The summed E-state index contributed by atoms with van der Waals surface area (Å²) in [5.74, 6) is 2.50. The van der Waals surface area contributed by atoms with Crippen molar-refractivity contribution in [2.75, 3.05) is 11.5 Å². The van der Waals surface area contributed by atoms with Gasteiger partial charge in [-0.1, -0.05) is 20.3 Å². The van der Waals surface area contributed by atoms with Crippen molar-refractivity contribution >= 4 is 17.7 Å². The first kappa shape index (κ1) is 12.8. The molecule has 0 bridgehead atoms. The van der Waals surface area contributed by atoms with Gasteiger partial charge in [-0.15, -0.1) is 0 Å². The molecule has 0 rings (SSSR count). The predicted octanol–water partition coefficient (Wildman–Crippen LogP) is 3.02. The second-order valence-corrected chi connectivity index (χ2v) is 4.82. The summed E-state index contributed by atoms with van der Waals surface area (Å²) in [5, 5.41) is 8.38. The van der Waals surface area contributed by atoms with Crippen molar-refractivity contribution in [1.82, 2.24) is 0 Å². The van der Waals surface area contributed by atoms with E-state index in [-0.39, 0.29) is 0 Å². The number of hydrogen-bond donors (Lipinski definition) is 1. The Kier molecular flexibility index (Phi) is 8.30. The maximum Gasteiger partial charge on any atom is 0.303 e. The molecule has 0 radical (unpaired) electrons. The molecule has 0 aromatic rings. The Morgan fingerprint density at radius 3 is 2.54 bits per heavy atom. The summed E-state index contributed by atoms with van der Waals surface area (Å²) < 4.78 is 0. The van der Waals surface area contributed by atoms with Crippen LogP contribution in [0.1, 0.15) is 39.5 Å². The molecule has 0 aromatic carbocycles. The van der Waals surface area contributed by atoms with Gasteiger partial charge in [-0.25, -0.2) is 0 Å². The summed E-state index contributed by atoms with van der Waals surface area (Å²) in [6, 6.07) is 0. The van der Waals surface area contributed by atoms with Crippen molar-refractivity contribution in [2.45, 2.75) is 39.5 Å². The second-order valence-electron chi connectivity index (χ2n) is 3.67. The zero-order chi connectivity index (χ0) is 10.1. The molecule has 0 amide bonds. The third kappa shape index (κ3) is 11.8. The lowest BCUT2D eigenvalue weighted by Gasteiger charge is -2.03. The predicted molar refractivity (Wildman–Crippen MR) is 58.3 cm³/mol. The minimum absolute atomic E-state index is 0.328. The van der Waals surface area contributed by atoms with Crippen LogP contribution in [0.3, 0.4) is 0 Å². The van der Waals surface area contributed by atoms with Crippen molar-refractivity contribution in [3.05, 3.63) is 0 Å². The van der Waals surface area contributed by atoms with Gasteiger partial charge in [0.25, 0.3) is 0 Å². The molecule has 0 aromatic heterocycles. The van der Waals surface area contributed by atoms with Gasteiger partial charge in [-0.05, 0) is 30.3 Å². The number of aliphatic carboxylic acids is 1. The summed E-state index contributed by atoms with van der Waals surface area (Å²) >= 11 is 1.97. The number of carboxylic acids is 1. The maximum atomic E-state index is 10.2. The van der Waals surface area contributed by atoms with E-state index in [2.05, 4.69) is 13.8 Å². The molecule has 0 heterocycles. The first-order chi connectivity index (χ1) is 6.13. The highest BCUT2D eigenvalue weighted by Crippen LogP contribution is 2.11. The van der Waals surface area contributed by atoms with Crippen LogP contribution < -0.4 is 0 Å². The Balaban J connectivity index is 2.96. The Morgan fingerprint density at radius 2 is 2.00 bits per heavy atom. The highest BCUT2D eigenvalue weighted by atomic mass is 32.2. The molecule has 0 aliphatic rings. The van der Waals surface area contributed by atoms with Crippen LogP contribution in [-0.2, 0) is 4.79 Å². The van der Waals surface area contributed by atoms with Crippen molar-refractivity contribution in [2.24, 2.45) is 5.92 Å². The molecule has 0 saturated carbocycles. The molecule has 0 aliphatic heterocycles. The van der Waals surface area contributed by atoms with Crippen LogP contribution >= 0.6 is 11.8 Å². The zero-order valence-electron chi connectivity index (χ0n) is 8.58. The van der Waals surface area contributed by atoms with Gasteiger partial charge in [0, 0.05) is 6.42 Å². The normalized spacial score (nSPS) is 10.7. The first-order valence-corrected chi connectivity index (χ1v) is 6.08. The Hall–Kier alpha value is -0.180. The number of unbranched alkanes of at least 4 members (excludes halogenated alkanes) is 2. The molecule has 78 valence electrons. The molecule has 0 aliphatic carbocycles. The number of hydrogen-bond acceptors (Lipinski definition) is 2. The van der Waals surface area contributed by atoms with Crippen LogP contribution in [0.25, 0.3) is 0 Å². The molecule has 0 saturated heterocycles. The van der Waals surface area contributed by atoms with Crippen LogP contribution in [-0.4, -0.2) is 22.6 Å². The fraction of sp³-hybridized carbons (Fsp3) is 0.900. The molecule has 0 atom stereocenters. The molecule has 0 spiro atoms. The largest absolute Gasteiger partial charge is 0.481 e. The van der Waals surface area contributed by atoms with Gasteiger partial charge >= 0.3 is 5.97 Å². The van der Waals surface area contributed by atoms with E-state index in [9.17, 15) is 4.79 Å². The van der Waals surface area contributed by atoms with Crippen LogP contribution in [0.4, 0.5) is 0 Å².